The molecule has 1 aromatic carbocycles. The minimum Gasteiger partial charge on any atom is -0.493 e. The van der Waals surface area contributed by atoms with Crippen molar-refractivity contribution in [2.45, 2.75) is 0 Å². The van der Waals surface area contributed by atoms with Crippen LogP contribution in [0.1, 0.15) is 5.56 Å². The van der Waals surface area contributed by atoms with E-state index in [9.17, 15) is 4.79 Å². The Hall–Kier alpha value is -1.79. The van der Waals surface area contributed by atoms with Crippen LogP contribution in [0.25, 0.3) is 6.08 Å². The third kappa shape index (κ3) is 2.80. The number of rotatable bonds is 3. The molecule has 0 radical (unpaired) electrons. The third-order valence-corrected chi connectivity index (χ3v) is 2.97. The first-order valence-electron chi connectivity index (χ1n) is 5.30. The molecule has 0 spiro atoms. The summed E-state index contributed by atoms with van der Waals surface area (Å²) in [6.07, 6.45) is 1.63. The Morgan fingerprint density at radius 1 is 1.26 bits per heavy atom. The number of carbonyl (C=O) groups excluding carboxylic acids is 1. The fourth-order valence-electron chi connectivity index (χ4n) is 1.67. The number of benzene rings is 1. The lowest BCUT2D eigenvalue weighted by Crippen LogP contribution is -2.21. The van der Waals surface area contributed by atoms with E-state index in [1.54, 1.807) is 18.2 Å². The van der Waals surface area contributed by atoms with Crippen molar-refractivity contribution in [3.63, 3.8) is 0 Å². The number of hydrogen-bond acceptors (Lipinski definition) is 4. The van der Waals surface area contributed by atoms with Gasteiger partial charge in [-0.25, -0.2) is 0 Å². The second-order valence-electron chi connectivity index (χ2n) is 3.70. The average Bonchev–Trinajstić information content (AvgIpc) is 2.67. The lowest BCUT2D eigenvalue weighted by atomic mass is 10.1. The van der Waals surface area contributed by atoms with Crippen molar-refractivity contribution in [2.75, 3.05) is 14.2 Å². The van der Waals surface area contributed by atoms with Crippen LogP contribution in [0, 0.1) is 0 Å². The Balaban J connectivity index is 2.42. The van der Waals surface area contributed by atoms with Gasteiger partial charge in [-0.2, -0.15) is 0 Å². The topological polar surface area (TPSA) is 59.6 Å². The maximum Gasteiger partial charge on any atom is 0.273 e. The summed E-state index contributed by atoms with van der Waals surface area (Å²) in [7, 11) is 3.02. The van der Waals surface area contributed by atoms with E-state index in [-0.39, 0.29) is 11.0 Å². The summed E-state index contributed by atoms with van der Waals surface area (Å²) in [5, 5.41) is 5.91. The molecule has 1 saturated heterocycles. The highest BCUT2D eigenvalue weighted by atomic mass is 35.5. The van der Waals surface area contributed by atoms with Crippen LogP contribution in [-0.4, -0.2) is 25.2 Å². The standard InChI is InChI=1S/C12H11ClN2O3S/c1-17-9-5-6(3-7(13)10(9)18-2)4-8-11(16)15-12(19)14-8/h3-5H,1-2H3,(H2,14,15,16,19)/b8-4+. The number of halogens is 1. The minimum absolute atomic E-state index is 0.280. The van der Waals surface area contributed by atoms with E-state index in [4.69, 9.17) is 33.3 Å². The van der Waals surface area contributed by atoms with Crippen LogP contribution in [-0.2, 0) is 4.79 Å². The zero-order chi connectivity index (χ0) is 14.0. The highest BCUT2D eigenvalue weighted by Gasteiger charge is 2.20. The molecule has 1 heterocycles. The number of amides is 1. The Morgan fingerprint density at radius 3 is 2.53 bits per heavy atom. The van der Waals surface area contributed by atoms with Crippen LogP contribution >= 0.6 is 23.8 Å². The van der Waals surface area contributed by atoms with Gasteiger partial charge in [-0.15, -0.1) is 0 Å². The number of ether oxygens (including phenoxy) is 2. The van der Waals surface area contributed by atoms with E-state index in [0.29, 0.717) is 27.8 Å². The van der Waals surface area contributed by atoms with Gasteiger partial charge in [0, 0.05) is 0 Å². The summed E-state index contributed by atoms with van der Waals surface area (Å²) in [4.78, 5) is 11.5. The largest absolute Gasteiger partial charge is 0.493 e. The van der Waals surface area contributed by atoms with Crippen molar-refractivity contribution in [2.24, 2.45) is 0 Å². The van der Waals surface area contributed by atoms with Crippen LogP contribution in [0.15, 0.2) is 17.8 Å². The van der Waals surface area contributed by atoms with Gasteiger partial charge in [-0.1, -0.05) is 11.6 Å². The van der Waals surface area contributed by atoms with Crippen molar-refractivity contribution in [3.05, 3.63) is 28.4 Å². The van der Waals surface area contributed by atoms with E-state index in [1.807, 2.05) is 0 Å². The fraction of sp³-hybridized carbons (Fsp3) is 0.167. The van der Waals surface area contributed by atoms with Gasteiger partial charge in [0.05, 0.1) is 19.2 Å². The molecule has 0 unspecified atom stereocenters. The molecule has 1 aromatic rings. The molecule has 0 aliphatic carbocycles. The van der Waals surface area contributed by atoms with E-state index >= 15 is 0 Å². The van der Waals surface area contributed by atoms with Crippen molar-refractivity contribution >= 4 is 40.9 Å². The maximum absolute atomic E-state index is 11.5. The Labute approximate surface area is 120 Å². The summed E-state index contributed by atoms with van der Waals surface area (Å²) in [5.74, 6) is 0.657. The zero-order valence-corrected chi connectivity index (χ0v) is 11.8. The summed E-state index contributed by atoms with van der Waals surface area (Å²) in [5.41, 5.74) is 1.05. The smallest absolute Gasteiger partial charge is 0.273 e. The molecule has 2 rings (SSSR count). The highest BCUT2D eigenvalue weighted by Crippen LogP contribution is 2.36. The van der Waals surface area contributed by atoms with Crippen molar-refractivity contribution < 1.29 is 14.3 Å². The molecule has 5 nitrogen and oxygen atoms in total. The number of carbonyl (C=O) groups is 1. The highest BCUT2D eigenvalue weighted by molar-refractivity contribution is 7.80. The molecule has 0 atom stereocenters. The molecule has 100 valence electrons. The van der Waals surface area contributed by atoms with E-state index < -0.39 is 0 Å². The van der Waals surface area contributed by atoms with Gasteiger partial charge < -0.3 is 14.8 Å². The first kappa shape index (κ1) is 13.6. The summed E-state index contributed by atoms with van der Waals surface area (Å²) in [6, 6.07) is 3.39. The molecule has 2 N–H and O–H groups in total. The van der Waals surface area contributed by atoms with Gasteiger partial charge in [-0.05, 0) is 36.0 Å². The van der Waals surface area contributed by atoms with Gasteiger partial charge in [-0.3, -0.25) is 10.1 Å². The van der Waals surface area contributed by atoms with E-state index in [2.05, 4.69) is 10.6 Å². The summed E-state index contributed by atoms with van der Waals surface area (Å²) in [6.45, 7) is 0. The quantitative estimate of drug-likeness (QED) is 0.657. The van der Waals surface area contributed by atoms with Gasteiger partial charge in [0.25, 0.3) is 5.91 Å². The molecule has 7 heteroatoms. The van der Waals surface area contributed by atoms with Crippen LogP contribution in [0.4, 0.5) is 0 Å². The van der Waals surface area contributed by atoms with E-state index in [1.165, 1.54) is 14.2 Å². The Bertz CT molecular complexity index is 587. The molecule has 1 aliphatic rings. The second kappa shape index (κ2) is 5.46. The summed E-state index contributed by atoms with van der Waals surface area (Å²) < 4.78 is 10.3. The van der Waals surface area contributed by atoms with Crippen molar-refractivity contribution in [1.82, 2.24) is 10.6 Å². The number of nitrogens with one attached hydrogen (secondary N) is 2. The SMILES string of the molecule is COc1cc(/C=C2/NC(=S)NC2=O)cc(Cl)c1OC. The van der Waals surface area contributed by atoms with Crippen LogP contribution in [0.5, 0.6) is 11.5 Å². The average molecular weight is 299 g/mol. The number of methoxy groups -OCH3 is 2. The normalized spacial score (nSPS) is 16.3. The number of thiocarbonyl (C=S) groups is 1. The minimum atomic E-state index is -0.282. The molecule has 1 fully saturated rings. The van der Waals surface area contributed by atoms with Crippen molar-refractivity contribution in [1.29, 1.82) is 0 Å². The van der Waals surface area contributed by atoms with Gasteiger partial charge in [0.1, 0.15) is 5.70 Å². The van der Waals surface area contributed by atoms with E-state index in [0.717, 1.165) is 0 Å². The molecule has 1 amide bonds. The lowest BCUT2D eigenvalue weighted by molar-refractivity contribution is -0.115. The van der Waals surface area contributed by atoms with Crippen molar-refractivity contribution in [3.8, 4) is 11.5 Å². The third-order valence-electron chi connectivity index (χ3n) is 2.49. The molecule has 1 aliphatic heterocycles. The monoisotopic (exact) mass is 298 g/mol. The molecular formula is C12H11ClN2O3S. The maximum atomic E-state index is 11.5. The Morgan fingerprint density at radius 2 is 2.00 bits per heavy atom. The van der Waals surface area contributed by atoms with Gasteiger partial charge in [0.15, 0.2) is 16.6 Å². The predicted octanol–water partition coefficient (Wildman–Crippen LogP) is 1.70. The molecule has 0 bridgehead atoms. The second-order valence-corrected chi connectivity index (χ2v) is 4.52. The lowest BCUT2D eigenvalue weighted by Gasteiger charge is -2.10. The Kier molecular flexibility index (Phi) is 3.92. The summed E-state index contributed by atoms with van der Waals surface area (Å²) >= 11 is 10.9. The van der Waals surface area contributed by atoms with Crippen LogP contribution in [0.2, 0.25) is 5.02 Å². The first-order chi connectivity index (χ1) is 9.05. The predicted molar refractivity (Wildman–Crippen MR) is 76.4 cm³/mol. The molecular weight excluding hydrogens is 288 g/mol. The molecule has 0 saturated carbocycles. The fourth-order valence-corrected chi connectivity index (χ4v) is 2.17. The van der Waals surface area contributed by atoms with Gasteiger partial charge in [0.2, 0.25) is 0 Å². The molecule has 19 heavy (non-hydrogen) atoms. The zero-order valence-electron chi connectivity index (χ0n) is 10.2. The van der Waals surface area contributed by atoms with Crippen LogP contribution in [0.3, 0.4) is 0 Å². The number of hydrogen-bond donors (Lipinski definition) is 2. The first-order valence-corrected chi connectivity index (χ1v) is 6.09. The van der Waals surface area contributed by atoms with Crippen LogP contribution < -0.4 is 20.1 Å². The molecule has 0 aromatic heterocycles. The van der Waals surface area contributed by atoms with Gasteiger partial charge >= 0.3 is 0 Å².